The molecule has 7 nitrogen and oxygen atoms in total. The van der Waals surface area contributed by atoms with Gasteiger partial charge in [0.15, 0.2) is 0 Å². The molecule has 0 aromatic heterocycles. The van der Waals surface area contributed by atoms with Crippen molar-refractivity contribution in [3.05, 3.63) is 94.5 Å². The van der Waals surface area contributed by atoms with Gasteiger partial charge in [0, 0.05) is 17.6 Å². The highest BCUT2D eigenvalue weighted by Crippen LogP contribution is 2.29. The van der Waals surface area contributed by atoms with E-state index in [1.165, 1.54) is 21.3 Å². The number of carbonyl (C=O) groups excluding carboxylic acids is 2. The molecule has 2 amide bonds. The third-order valence-electron chi connectivity index (χ3n) is 7.60. The zero-order chi connectivity index (χ0) is 29.6. The average molecular weight is 596 g/mol. The Balaban J connectivity index is 1.73. The van der Waals surface area contributed by atoms with E-state index in [9.17, 15) is 18.0 Å². The van der Waals surface area contributed by atoms with E-state index in [2.05, 4.69) is 5.32 Å². The van der Waals surface area contributed by atoms with Gasteiger partial charge < -0.3 is 10.2 Å². The zero-order valence-electron chi connectivity index (χ0n) is 23.8. The normalized spacial score (nSPS) is 14.4. The molecule has 1 aliphatic carbocycles. The maximum atomic E-state index is 14.2. The van der Waals surface area contributed by atoms with Gasteiger partial charge in [-0.3, -0.25) is 13.9 Å². The minimum absolute atomic E-state index is 0.0870. The summed E-state index contributed by atoms with van der Waals surface area (Å²) in [6.45, 7) is 5.25. The van der Waals surface area contributed by atoms with Crippen LogP contribution >= 0.6 is 11.6 Å². The minimum Gasteiger partial charge on any atom is -0.352 e. The van der Waals surface area contributed by atoms with Crippen LogP contribution < -0.4 is 9.62 Å². The summed E-state index contributed by atoms with van der Waals surface area (Å²) in [4.78, 5) is 29.4. The van der Waals surface area contributed by atoms with E-state index < -0.39 is 28.5 Å². The Kier molecular flexibility index (Phi) is 10.1. The van der Waals surface area contributed by atoms with Gasteiger partial charge in [0.2, 0.25) is 11.8 Å². The molecule has 41 heavy (non-hydrogen) atoms. The van der Waals surface area contributed by atoms with E-state index in [0.29, 0.717) is 17.1 Å². The molecule has 1 aliphatic rings. The van der Waals surface area contributed by atoms with Crippen molar-refractivity contribution < 1.29 is 18.0 Å². The molecule has 1 atom stereocenters. The first kappa shape index (κ1) is 30.6. The van der Waals surface area contributed by atoms with Gasteiger partial charge in [-0.15, -0.1) is 0 Å². The van der Waals surface area contributed by atoms with Gasteiger partial charge in [-0.25, -0.2) is 8.42 Å². The van der Waals surface area contributed by atoms with Crippen molar-refractivity contribution in [1.82, 2.24) is 10.2 Å². The molecule has 0 saturated heterocycles. The first-order valence-corrected chi connectivity index (χ1v) is 15.9. The average Bonchev–Trinajstić information content (AvgIpc) is 3.47. The van der Waals surface area contributed by atoms with E-state index >= 15 is 0 Å². The quantitative estimate of drug-likeness (QED) is 0.294. The predicted octanol–water partition coefficient (Wildman–Crippen LogP) is 6.02. The first-order chi connectivity index (χ1) is 19.6. The highest BCUT2D eigenvalue weighted by molar-refractivity contribution is 7.92. The SMILES string of the molecule is CC[C@H](C(=O)NC1CCCC1)N(Cc1ccc(Cl)cc1)C(=O)CN(c1cc(C)ccc1C)S(=O)(=O)c1ccccc1. The van der Waals surface area contributed by atoms with Crippen LogP contribution in [-0.2, 0) is 26.2 Å². The molecule has 4 rings (SSSR count). The Bertz CT molecular complexity index is 1460. The summed E-state index contributed by atoms with van der Waals surface area (Å²) in [5, 5.41) is 3.69. The van der Waals surface area contributed by atoms with Crippen molar-refractivity contribution in [2.45, 2.75) is 76.4 Å². The number of amides is 2. The fraction of sp³-hybridized carbons (Fsp3) is 0.375. The van der Waals surface area contributed by atoms with Gasteiger partial charge in [-0.05, 0) is 80.1 Å². The zero-order valence-corrected chi connectivity index (χ0v) is 25.4. The molecule has 3 aromatic rings. The molecule has 0 bridgehead atoms. The van der Waals surface area contributed by atoms with Crippen LogP contribution in [0.1, 0.15) is 55.7 Å². The molecule has 0 radical (unpaired) electrons. The summed E-state index contributed by atoms with van der Waals surface area (Å²) in [6.07, 6.45) is 4.35. The Morgan fingerprint density at radius 3 is 2.27 bits per heavy atom. The molecular weight excluding hydrogens is 558 g/mol. The third kappa shape index (κ3) is 7.49. The minimum atomic E-state index is -4.10. The van der Waals surface area contributed by atoms with Gasteiger partial charge in [-0.2, -0.15) is 0 Å². The fourth-order valence-corrected chi connectivity index (χ4v) is 6.91. The molecule has 0 unspecified atom stereocenters. The van der Waals surface area contributed by atoms with Crippen LogP contribution in [-0.4, -0.2) is 43.8 Å². The third-order valence-corrected chi connectivity index (χ3v) is 9.62. The van der Waals surface area contributed by atoms with Gasteiger partial charge in [-0.1, -0.05) is 73.8 Å². The van der Waals surface area contributed by atoms with E-state index in [-0.39, 0.29) is 23.4 Å². The van der Waals surface area contributed by atoms with Gasteiger partial charge in [0.25, 0.3) is 10.0 Å². The van der Waals surface area contributed by atoms with E-state index in [1.54, 1.807) is 36.4 Å². The lowest BCUT2D eigenvalue weighted by molar-refractivity contribution is -0.140. The van der Waals surface area contributed by atoms with Crippen molar-refractivity contribution >= 4 is 39.1 Å². The van der Waals surface area contributed by atoms with Crippen LogP contribution in [0.15, 0.2) is 77.7 Å². The number of hydrogen-bond acceptors (Lipinski definition) is 4. The molecule has 1 saturated carbocycles. The van der Waals surface area contributed by atoms with Crippen molar-refractivity contribution in [3.63, 3.8) is 0 Å². The number of nitrogens with one attached hydrogen (secondary N) is 1. The number of anilines is 1. The summed E-state index contributed by atoms with van der Waals surface area (Å²) >= 11 is 6.10. The Labute approximate surface area is 248 Å². The molecule has 0 heterocycles. The standard InChI is InChI=1S/C32H38ClN3O4S/c1-4-29(32(38)34-27-10-8-9-11-27)35(21-25-16-18-26(33)19-17-25)31(37)22-36(30-20-23(2)14-15-24(30)3)41(39,40)28-12-6-5-7-13-28/h5-7,12-20,27,29H,4,8-11,21-22H2,1-3H3,(H,34,38)/t29-/m1/s1. The van der Waals surface area contributed by atoms with E-state index in [4.69, 9.17) is 11.6 Å². The fourth-order valence-electron chi connectivity index (χ4n) is 5.29. The van der Waals surface area contributed by atoms with Gasteiger partial charge in [0.1, 0.15) is 12.6 Å². The van der Waals surface area contributed by atoms with Crippen molar-refractivity contribution in [3.8, 4) is 0 Å². The number of hydrogen-bond donors (Lipinski definition) is 1. The van der Waals surface area contributed by atoms with Crippen LogP contribution in [0.2, 0.25) is 5.02 Å². The van der Waals surface area contributed by atoms with Crippen LogP contribution in [0.25, 0.3) is 0 Å². The number of sulfonamides is 1. The Hall–Kier alpha value is -3.36. The van der Waals surface area contributed by atoms with Crippen molar-refractivity contribution in [1.29, 1.82) is 0 Å². The number of halogens is 1. The topological polar surface area (TPSA) is 86.8 Å². The van der Waals surface area contributed by atoms with Gasteiger partial charge >= 0.3 is 0 Å². The Morgan fingerprint density at radius 2 is 1.63 bits per heavy atom. The highest BCUT2D eigenvalue weighted by Gasteiger charge is 2.35. The molecular formula is C32H38ClN3O4S. The second-order valence-electron chi connectivity index (χ2n) is 10.7. The molecule has 3 aromatic carbocycles. The van der Waals surface area contributed by atoms with Crippen LogP contribution in [0.4, 0.5) is 5.69 Å². The molecule has 9 heteroatoms. The number of nitrogens with zero attached hydrogens (tertiary/aromatic N) is 2. The summed E-state index contributed by atoms with van der Waals surface area (Å²) in [5.74, 6) is -0.681. The van der Waals surface area contributed by atoms with E-state index in [1.807, 2.05) is 45.0 Å². The number of carbonyl (C=O) groups is 2. The number of aryl methyl sites for hydroxylation is 2. The molecule has 218 valence electrons. The Morgan fingerprint density at radius 1 is 0.976 bits per heavy atom. The maximum Gasteiger partial charge on any atom is 0.264 e. The molecule has 1 N–H and O–H groups in total. The van der Waals surface area contributed by atoms with Crippen molar-refractivity contribution in [2.75, 3.05) is 10.8 Å². The summed E-state index contributed by atoms with van der Waals surface area (Å²) < 4.78 is 29.2. The molecule has 0 aliphatic heterocycles. The number of benzene rings is 3. The maximum absolute atomic E-state index is 14.2. The predicted molar refractivity (Wildman–Crippen MR) is 163 cm³/mol. The van der Waals surface area contributed by atoms with Crippen LogP contribution in [0.3, 0.4) is 0 Å². The second kappa shape index (κ2) is 13.5. The van der Waals surface area contributed by atoms with E-state index in [0.717, 1.165) is 42.4 Å². The summed E-state index contributed by atoms with van der Waals surface area (Å²) in [5.41, 5.74) is 2.81. The lowest BCUT2D eigenvalue weighted by Gasteiger charge is -2.34. The lowest BCUT2D eigenvalue weighted by Crippen LogP contribution is -2.53. The van der Waals surface area contributed by atoms with Crippen molar-refractivity contribution in [2.24, 2.45) is 0 Å². The highest BCUT2D eigenvalue weighted by atomic mass is 35.5. The summed E-state index contributed by atoms with van der Waals surface area (Å²) in [7, 11) is -4.10. The molecule has 0 spiro atoms. The summed E-state index contributed by atoms with van der Waals surface area (Å²) in [6, 6.07) is 20.1. The first-order valence-electron chi connectivity index (χ1n) is 14.1. The largest absolute Gasteiger partial charge is 0.352 e. The lowest BCUT2D eigenvalue weighted by atomic mass is 10.1. The molecule has 1 fully saturated rings. The smallest absolute Gasteiger partial charge is 0.264 e. The number of rotatable bonds is 11. The van der Waals surface area contributed by atoms with Crippen LogP contribution in [0.5, 0.6) is 0 Å². The monoisotopic (exact) mass is 595 g/mol. The second-order valence-corrected chi connectivity index (χ2v) is 13.0. The van der Waals surface area contributed by atoms with Crippen LogP contribution in [0, 0.1) is 13.8 Å². The van der Waals surface area contributed by atoms with Gasteiger partial charge in [0.05, 0.1) is 10.6 Å².